The maximum absolute atomic E-state index is 13.1. The van der Waals surface area contributed by atoms with Crippen molar-refractivity contribution in [3.05, 3.63) is 60.4 Å². The predicted octanol–water partition coefficient (Wildman–Crippen LogP) is 4.06. The molecule has 0 saturated carbocycles. The molecule has 1 fully saturated rings. The van der Waals surface area contributed by atoms with Gasteiger partial charge >= 0.3 is 6.18 Å². The van der Waals surface area contributed by atoms with Gasteiger partial charge in [0.2, 0.25) is 0 Å². The Balaban J connectivity index is 1.82. The smallest absolute Gasteiger partial charge is 0.378 e. The minimum atomic E-state index is -4.41. The molecule has 0 radical (unpaired) electrons. The molecule has 4 rings (SSSR count). The maximum atomic E-state index is 13.1. The van der Waals surface area contributed by atoms with Crippen LogP contribution in [-0.2, 0) is 10.9 Å². The zero-order valence-corrected chi connectivity index (χ0v) is 14.9. The van der Waals surface area contributed by atoms with Crippen LogP contribution in [-0.4, -0.2) is 41.3 Å². The van der Waals surface area contributed by atoms with Gasteiger partial charge in [-0.05, 0) is 24.3 Å². The quantitative estimate of drug-likeness (QED) is 0.680. The van der Waals surface area contributed by atoms with Crippen LogP contribution in [0, 0.1) is 0 Å². The van der Waals surface area contributed by atoms with Gasteiger partial charge in [-0.2, -0.15) is 13.2 Å². The van der Waals surface area contributed by atoms with Crippen LogP contribution in [0.2, 0.25) is 0 Å². The van der Waals surface area contributed by atoms with E-state index in [9.17, 15) is 13.2 Å². The van der Waals surface area contributed by atoms with E-state index in [0.29, 0.717) is 49.2 Å². The molecule has 5 nitrogen and oxygen atoms in total. The van der Waals surface area contributed by atoms with Gasteiger partial charge in [-0.25, -0.2) is 9.97 Å². The summed E-state index contributed by atoms with van der Waals surface area (Å²) in [5.74, 6) is 1.11. The second-order valence-corrected chi connectivity index (χ2v) is 6.35. The summed E-state index contributed by atoms with van der Waals surface area (Å²) in [6.07, 6.45) is -1.15. The number of halogens is 3. The molecular weight excluding hydrogens is 369 g/mol. The first-order valence-electron chi connectivity index (χ1n) is 8.80. The fraction of sp³-hybridized carbons (Fsp3) is 0.250. The normalized spacial score (nSPS) is 14.9. The lowest BCUT2D eigenvalue weighted by atomic mass is 10.1. The summed E-state index contributed by atoms with van der Waals surface area (Å²) in [7, 11) is 0. The van der Waals surface area contributed by atoms with Crippen LogP contribution in [0.15, 0.2) is 54.9 Å². The number of aromatic nitrogens is 3. The van der Waals surface area contributed by atoms with Gasteiger partial charge in [0.1, 0.15) is 5.82 Å². The molecule has 8 heteroatoms. The Labute approximate surface area is 159 Å². The van der Waals surface area contributed by atoms with Gasteiger partial charge in [-0.15, -0.1) is 0 Å². The van der Waals surface area contributed by atoms with Gasteiger partial charge < -0.3 is 9.64 Å². The van der Waals surface area contributed by atoms with Crippen LogP contribution in [0.4, 0.5) is 19.0 Å². The highest BCUT2D eigenvalue weighted by Crippen LogP contribution is 2.33. The van der Waals surface area contributed by atoms with E-state index in [2.05, 4.69) is 15.0 Å². The number of rotatable bonds is 3. The molecule has 0 amide bonds. The fourth-order valence-corrected chi connectivity index (χ4v) is 3.02. The monoisotopic (exact) mass is 386 g/mol. The molecule has 28 heavy (non-hydrogen) atoms. The van der Waals surface area contributed by atoms with Crippen LogP contribution in [0.3, 0.4) is 0 Å². The van der Waals surface area contributed by atoms with E-state index in [1.165, 1.54) is 6.07 Å². The van der Waals surface area contributed by atoms with Crippen molar-refractivity contribution in [2.24, 2.45) is 0 Å². The topological polar surface area (TPSA) is 51.1 Å². The lowest BCUT2D eigenvalue weighted by Crippen LogP contribution is -2.36. The second kappa shape index (κ2) is 7.55. The Bertz CT molecular complexity index is 957. The van der Waals surface area contributed by atoms with Gasteiger partial charge in [0.25, 0.3) is 0 Å². The third kappa shape index (κ3) is 3.96. The Kier molecular flexibility index (Phi) is 4.95. The first kappa shape index (κ1) is 18.4. The minimum absolute atomic E-state index is 0.391. The largest absolute Gasteiger partial charge is 0.416 e. The van der Waals surface area contributed by atoms with Crippen molar-refractivity contribution >= 4 is 5.82 Å². The van der Waals surface area contributed by atoms with Gasteiger partial charge in [0, 0.05) is 42.7 Å². The van der Waals surface area contributed by atoms with Crippen molar-refractivity contribution < 1.29 is 17.9 Å². The highest BCUT2D eigenvalue weighted by Gasteiger charge is 2.30. The molecule has 2 aromatic heterocycles. The van der Waals surface area contributed by atoms with E-state index in [4.69, 9.17) is 4.74 Å². The zero-order valence-electron chi connectivity index (χ0n) is 14.9. The Morgan fingerprint density at radius 2 is 1.64 bits per heavy atom. The van der Waals surface area contributed by atoms with Gasteiger partial charge in [0.15, 0.2) is 5.82 Å². The van der Waals surface area contributed by atoms with Crippen molar-refractivity contribution in [1.29, 1.82) is 0 Å². The summed E-state index contributed by atoms with van der Waals surface area (Å²) >= 11 is 0. The summed E-state index contributed by atoms with van der Waals surface area (Å²) in [6, 6.07) is 10.4. The number of benzene rings is 1. The molecule has 3 aromatic rings. The molecule has 3 heterocycles. The molecule has 0 unspecified atom stereocenters. The number of alkyl halides is 3. The maximum Gasteiger partial charge on any atom is 0.416 e. The van der Waals surface area contributed by atoms with E-state index in [-0.39, 0.29) is 0 Å². The third-order valence-corrected chi connectivity index (χ3v) is 4.47. The van der Waals surface area contributed by atoms with E-state index < -0.39 is 11.7 Å². The van der Waals surface area contributed by atoms with Crippen molar-refractivity contribution in [1.82, 2.24) is 15.0 Å². The van der Waals surface area contributed by atoms with Gasteiger partial charge in [0.05, 0.1) is 24.5 Å². The first-order valence-corrected chi connectivity index (χ1v) is 8.80. The Hall–Kier alpha value is -3.00. The molecule has 1 aliphatic heterocycles. The molecule has 1 aromatic carbocycles. The molecule has 0 bridgehead atoms. The molecule has 0 aliphatic carbocycles. The molecular formula is C20H17F3N4O. The highest BCUT2D eigenvalue weighted by molar-refractivity contribution is 5.68. The number of nitrogens with zero attached hydrogens (tertiary/aromatic N) is 4. The Morgan fingerprint density at radius 3 is 2.36 bits per heavy atom. The number of morpholine rings is 1. The highest BCUT2D eigenvalue weighted by atomic mass is 19.4. The average Bonchev–Trinajstić information content (AvgIpc) is 2.74. The lowest BCUT2D eigenvalue weighted by Gasteiger charge is -2.28. The summed E-state index contributed by atoms with van der Waals surface area (Å²) in [6.45, 7) is 2.48. The molecule has 0 spiro atoms. The molecule has 1 saturated heterocycles. The predicted molar refractivity (Wildman–Crippen MR) is 98.7 cm³/mol. The zero-order chi connectivity index (χ0) is 19.6. The summed E-state index contributed by atoms with van der Waals surface area (Å²) in [4.78, 5) is 15.2. The SMILES string of the molecule is FC(F)(F)c1cccc(-c2cc(N3CCOCC3)nc(-c3ccncc3)n2)c1. The van der Waals surface area contributed by atoms with E-state index >= 15 is 0 Å². The lowest BCUT2D eigenvalue weighted by molar-refractivity contribution is -0.137. The van der Waals surface area contributed by atoms with Gasteiger partial charge in [-0.3, -0.25) is 4.98 Å². The van der Waals surface area contributed by atoms with Crippen molar-refractivity contribution in [2.45, 2.75) is 6.18 Å². The summed E-state index contributed by atoms with van der Waals surface area (Å²) in [5.41, 5.74) is 0.872. The standard InChI is InChI=1S/C20H17F3N4O/c21-20(22,23)16-3-1-2-15(12-16)17-13-18(27-8-10-28-11-9-27)26-19(25-17)14-4-6-24-7-5-14/h1-7,12-13H,8-11H2. The van der Waals surface area contributed by atoms with Crippen molar-refractivity contribution in [3.8, 4) is 22.6 Å². The first-order chi connectivity index (χ1) is 13.5. The van der Waals surface area contributed by atoms with Crippen LogP contribution < -0.4 is 4.90 Å². The number of hydrogen-bond donors (Lipinski definition) is 0. The molecule has 0 atom stereocenters. The van der Waals surface area contributed by atoms with E-state index in [1.54, 1.807) is 36.7 Å². The van der Waals surface area contributed by atoms with Gasteiger partial charge in [-0.1, -0.05) is 12.1 Å². The molecule has 144 valence electrons. The number of ether oxygens (including phenoxy) is 1. The number of hydrogen-bond acceptors (Lipinski definition) is 5. The molecule has 0 N–H and O–H groups in total. The third-order valence-electron chi connectivity index (χ3n) is 4.47. The average molecular weight is 386 g/mol. The Morgan fingerprint density at radius 1 is 0.893 bits per heavy atom. The fourth-order valence-electron chi connectivity index (χ4n) is 3.02. The summed E-state index contributed by atoms with van der Waals surface area (Å²) in [5, 5.41) is 0. The number of pyridine rings is 1. The van der Waals surface area contributed by atoms with Crippen LogP contribution in [0.5, 0.6) is 0 Å². The minimum Gasteiger partial charge on any atom is -0.378 e. The van der Waals surface area contributed by atoms with Crippen LogP contribution in [0.1, 0.15) is 5.56 Å². The molecule has 1 aliphatic rings. The summed E-state index contributed by atoms with van der Waals surface area (Å²) < 4.78 is 44.8. The van der Waals surface area contributed by atoms with E-state index in [0.717, 1.165) is 17.7 Å². The van der Waals surface area contributed by atoms with Crippen LogP contribution in [0.25, 0.3) is 22.6 Å². The van der Waals surface area contributed by atoms with Crippen molar-refractivity contribution in [2.75, 3.05) is 31.2 Å². The second-order valence-electron chi connectivity index (χ2n) is 6.35. The van der Waals surface area contributed by atoms with Crippen molar-refractivity contribution in [3.63, 3.8) is 0 Å². The van der Waals surface area contributed by atoms with Crippen LogP contribution >= 0.6 is 0 Å². The number of anilines is 1. The van der Waals surface area contributed by atoms with E-state index in [1.807, 2.05) is 4.90 Å².